The minimum absolute atomic E-state index is 0.255. The second-order valence-electron chi connectivity index (χ2n) is 6.98. The third kappa shape index (κ3) is 3.09. The Kier molecular flexibility index (Phi) is 4.17. The SMILES string of the molecule is Cc1nn2c(-c3ccc(-c4ccccc4)cc3)ccnc2c1-c1ccc(F)cc1. The highest BCUT2D eigenvalue weighted by Gasteiger charge is 2.15. The number of fused-ring (bicyclic) bond motifs is 1. The maximum absolute atomic E-state index is 13.3. The zero-order chi connectivity index (χ0) is 19.8. The molecular formula is C25H18FN3. The molecule has 0 fully saturated rings. The molecule has 4 heteroatoms. The normalized spacial score (nSPS) is 11.1. The van der Waals surface area contributed by atoms with Crippen LogP contribution in [0.2, 0.25) is 0 Å². The van der Waals surface area contributed by atoms with Crippen LogP contribution in [0.3, 0.4) is 0 Å². The quantitative estimate of drug-likeness (QED) is 0.375. The van der Waals surface area contributed by atoms with E-state index >= 15 is 0 Å². The van der Waals surface area contributed by atoms with Crippen LogP contribution in [0.1, 0.15) is 5.69 Å². The first-order valence-electron chi connectivity index (χ1n) is 9.47. The van der Waals surface area contributed by atoms with Crippen molar-refractivity contribution in [3.05, 3.63) is 103 Å². The highest BCUT2D eigenvalue weighted by atomic mass is 19.1. The molecule has 3 nitrogen and oxygen atoms in total. The lowest BCUT2D eigenvalue weighted by atomic mass is 10.0. The molecule has 3 aromatic carbocycles. The van der Waals surface area contributed by atoms with Gasteiger partial charge >= 0.3 is 0 Å². The summed E-state index contributed by atoms with van der Waals surface area (Å²) in [5.41, 5.74) is 7.83. The summed E-state index contributed by atoms with van der Waals surface area (Å²) in [6.45, 7) is 1.95. The van der Waals surface area contributed by atoms with Gasteiger partial charge in [-0.3, -0.25) is 0 Å². The first-order chi connectivity index (χ1) is 14.2. The van der Waals surface area contributed by atoms with E-state index < -0.39 is 0 Å². The van der Waals surface area contributed by atoms with Crippen molar-refractivity contribution in [2.75, 3.05) is 0 Å². The van der Waals surface area contributed by atoms with E-state index in [1.54, 1.807) is 18.3 Å². The van der Waals surface area contributed by atoms with Crippen LogP contribution in [-0.4, -0.2) is 14.6 Å². The molecule has 5 aromatic rings. The fraction of sp³-hybridized carbons (Fsp3) is 0.0400. The van der Waals surface area contributed by atoms with E-state index in [1.807, 2.05) is 35.7 Å². The number of nitrogens with zero attached hydrogens (tertiary/aromatic N) is 3. The standard InChI is InChI=1S/C25H18FN3/c1-17-24(21-11-13-22(26)14-12-21)25-27-16-15-23(29(25)28-17)20-9-7-19(8-10-20)18-5-3-2-4-6-18/h2-16H,1H3. The molecule has 29 heavy (non-hydrogen) atoms. The molecule has 2 heterocycles. The largest absolute Gasteiger partial charge is 0.236 e. The highest BCUT2D eigenvalue weighted by Crippen LogP contribution is 2.31. The highest BCUT2D eigenvalue weighted by molar-refractivity contribution is 5.81. The zero-order valence-electron chi connectivity index (χ0n) is 15.9. The number of halogens is 1. The summed E-state index contributed by atoms with van der Waals surface area (Å²) >= 11 is 0. The number of hydrogen-bond donors (Lipinski definition) is 0. The lowest BCUT2D eigenvalue weighted by Gasteiger charge is -2.07. The van der Waals surface area contributed by atoms with Crippen molar-refractivity contribution in [2.24, 2.45) is 0 Å². The lowest BCUT2D eigenvalue weighted by Crippen LogP contribution is -1.96. The average Bonchev–Trinajstić information content (AvgIpc) is 3.11. The first-order valence-corrected chi connectivity index (χ1v) is 9.47. The molecule has 0 aliphatic carbocycles. The van der Waals surface area contributed by atoms with Crippen LogP contribution in [-0.2, 0) is 0 Å². The molecule has 0 saturated heterocycles. The number of hydrogen-bond acceptors (Lipinski definition) is 2. The maximum Gasteiger partial charge on any atom is 0.163 e. The van der Waals surface area contributed by atoms with Crippen LogP contribution >= 0.6 is 0 Å². The molecule has 0 unspecified atom stereocenters. The van der Waals surface area contributed by atoms with Gasteiger partial charge in [-0.05, 0) is 41.8 Å². The number of rotatable bonds is 3. The Bertz CT molecular complexity index is 1290. The average molecular weight is 379 g/mol. The summed E-state index contributed by atoms with van der Waals surface area (Å²) in [6.07, 6.45) is 1.80. The molecule has 0 bridgehead atoms. The number of benzene rings is 3. The zero-order valence-corrected chi connectivity index (χ0v) is 15.9. The van der Waals surface area contributed by atoms with E-state index in [2.05, 4.69) is 41.4 Å². The van der Waals surface area contributed by atoms with E-state index in [9.17, 15) is 4.39 Å². The molecule has 5 rings (SSSR count). The van der Waals surface area contributed by atoms with Gasteiger partial charge in [-0.15, -0.1) is 0 Å². The summed E-state index contributed by atoms with van der Waals surface area (Å²) in [7, 11) is 0. The Labute approximate surface area is 168 Å². The Balaban J connectivity index is 1.61. The van der Waals surface area contributed by atoms with Crippen molar-refractivity contribution in [3.8, 4) is 33.5 Å². The van der Waals surface area contributed by atoms with Gasteiger partial charge in [0, 0.05) is 17.3 Å². The van der Waals surface area contributed by atoms with Gasteiger partial charge < -0.3 is 0 Å². The minimum Gasteiger partial charge on any atom is -0.236 e. The monoisotopic (exact) mass is 379 g/mol. The van der Waals surface area contributed by atoms with Crippen molar-refractivity contribution in [3.63, 3.8) is 0 Å². The molecule has 2 aromatic heterocycles. The third-order valence-corrected chi connectivity index (χ3v) is 5.11. The van der Waals surface area contributed by atoms with Crippen molar-refractivity contribution >= 4 is 5.65 Å². The lowest BCUT2D eigenvalue weighted by molar-refractivity contribution is 0.628. The smallest absolute Gasteiger partial charge is 0.163 e. The van der Waals surface area contributed by atoms with Gasteiger partial charge in [0.1, 0.15) is 5.82 Å². The fourth-order valence-corrected chi connectivity index (χ4v) is 3.69. The summed E-state index contributed by atoms with van der Waals surface area (Å²) in [6, 6.07) is 27.2. The second-order valence-corrected chi connectivity index (χ2v) is 6.98. The van der Waals surface area contributed by atoms with E-state index in [4.69, 9.17) is 5.10 Å². The maximum atomic E-state index is 13.3. The molecule has 0 aliphatic heterocycles. The van der Waals surface area contributed by atoms with Gasteiger partial charge in [0.05, 0.1) is 11.4 Å². The van der Waals surface area contributed by atoms with E-state index in [-0.39, 0.29) is 5.82 Å². The third-order valence-electron chi connectivity index (χ3n) is 5.11. The van der Waals surface area contributed by atoms with Crippen molar-refractivity contribution < 1.29 is 4.39 Å². The van der Waals surface area contributed by atoms with Crippen molar-refractivity contribution in [1.82, 2.24) is 14.6 Å². The Morgan fingerprint density at radius 3 is 2.03 bits per heavy atom. The Morgan fingerprint density at radius 2 is 1.31 bits per heavy atom. The molecule has 0 radical (unpaired) electrons. The van der Waals surface area contributed by atoms with Crippen LogP contribution in [0, 0.1) is 12.7 Å². The van der Waals surface area contributed by atoms with E-state index in [0.29, 0.717) is 0 Å². The van der Waals surface area contributed by atoms with Gasteiger partial charge in [-0.1, -0.05) is 66.7 Å². The number of aromatic nitrogens is 3. The van der Waals surface area contributed by atoms with Crippen molar-refractivity contribution in [2.45, 2.75) is 6.92 Å². The molecule has 0 amide bonds. The summed E-state index contributed by atoms with van der Waals surface area (Å²) in [5, 5.41) is 4.73. The van der Waals surface area contributed by atoms with Crippen LogP contribution in [0.15, 0.2) is 91.1 Å². The van der Waals surface area contributed by atoms with Crippen LogP contribution in [0.5, 0.6) is 0 Å². The van der Waals surface area contributed by atoms with Gasteiger partial charge in [0.2, 0.25) is 0 Å². The predicted molar refractivity (Wildman–Crippen MR) is 114 cm³/mol. The van der Waals surface area contributed by atoms with E-state index in [1.165, 1.54) is 23.3 Å². The Hall–Kier alpha value is -3.79. The molecule has 0 aliphatic rings. The fourth-order valence-electron chi connectivity index (χ4n) is 3.69. The van der Waals surface area contributed by atoms with Gasteiger partial charge in [-0.25, -0.2) is 13.9 Å². The predicted octanol–water partition coefficient (Wildman–Crippen LogP) is 6.18. The molecule has 0 atom stereocenters. The molecule has 0 saturated carbocycles. The summed E-state index contributed by atoms with van der Waals surface area (Å²) < 4.78 is 15.2. The summed E-state index contributed by atoms with van der Waals surface area (Å²) in [5.74, 6) is -0.255. The number of aryl methyl sites for hydroxylation is 1. The summed E-state index contributed by atoms with van der Waals surface area (Å²) in [4.78, 5) is 4.56. The molecule has 140 valence electrons. The second kappa shape index (κ2) is 6.99. The van der Waals surface area contributed by atoms with Gasteiger partial charge in [0.15, 0.2) is 5.65 Å². The Morgan fingerprint density at radius 1 is 0.690 bits per heavy atom. The molecule has 0 N–H and O–H groups in total. The van der Waals surface area contributed by atoms with E-state index in [0.717, 1.165) is 33.7 Å². The molecular weight excluding hydrogens is 361 g/mol. The minimum atomic E-state index is -0.255. The van der Waals surface area contributed by atoms with Crippen molar-refractivity contribution in [1.29, 1.82) is 0 Å². The van der Waals surface area contributed by atoms with Crippen LogP contribution in [0.4, 0.5) is 4.39 Å². The molecule has 0 spiro atoms. The van der Waals surface area contributed by atoms with Crippen LogP contribution in [0.25, 0.3) is 39.2 Å². The van der Waals surface area contributed by atoms with Crippen LogP contribution < -0.4 is 0 Å². The van der Waals surface area contributed by atoms with Gasteiger partial charge in [0.25, 0.3) is 0 Å². The van der Waals surface area contributed by atoms with Gasteiger partial charge in [-0.2, -0.15) is 5.10 Å². The first kappa shape index (κ1) is 17.3. The topological polar surface area (TPSA) is 30.2 Å².